The predicted molar refractivity (Wildman–Crippen MR) is 117 cm³/mol. The molecule has 0 fully saturated rings. The van der Waals surface area contributed by atoms with E-state index in [4.69, 9.17) is 5.73 Å². The molecule has 0 aliphatic heterocycles. The number of nitrogens with two attached hydrogens (primary N) is 1. The van der Waals surface area contributed by atoms with Crippen LogP contribution in [-0.2, 0) is 11.2 Å². The summed E-state index contributed by atoms with van der Waals surface area (Å²) in [5.74, 6) is 1.05. The van der Waals surface area contributed by atoms with Crippen molar-refractivity contribution in [2.45, 2.75) is 24.7 Å². The lowest BCUT2D eigenvalue weighted by atomic mass is 10.0. The Morgan fingerprint density at radius 1 is 1.22 bits per heavy atom. The van der Waals surface area contributed by atoms with Crippen LogP contribution < -0.4 is 11.1 Å². The molecule has 2 rings (SSSR count). The second-order valence-corrected chi connectivity index (χ2v) is 7.72. The average Bonchev–Trinajstić information content (AvgIpc) is 2.68. The lowest BCUT2D eigenvalue weighted by Gasteiger charge is -2.12. The molecule has 1 amide bonds. The second kappa shape index (κ2) is 10.9. The molecule has 0 aliphatic rings. The number of aliphatic imine (C=N–C) groups is 1. The van der Waals surface area contributed by atoms with Crippen molar-refractivity contribution in [2.24, 2.45) is 4.99 Å². The van der Waals surface area contributed by atoms with Crippen molar-refractivity contribution in [3.8, 4) is 0 Å². The number of alkyl carbamates (subject to hydrolysis) is 1. The van der Waals surface area contributed by atoms with E-state index in [1.807, 2.05) is 30.5 Å². The number of benzene rings is 2. The van der Waals surface area contributed by atoms with Crippen LogP contribution in [0.25, 0.3) is 0 Å². The van der Waals surface area contributed by atoms with Crippen molar-refractivity contribution in [3.63, 3.8) is 0 Å². The van der Waals surface area contributed by atoms with Gasteiger partial charge in [0.25, 0.3) is 0 Å². The summed E-state index contributed by atoms with van der Waals surface area (Å²) in [7, 11) is 1.33. The van der Waals surface area contributed by atoms with E-state index in [0.29, 0.717) is 11.6 Å². The zero-order chi connectivity index (χ0) is 19.6. The molecule has 0 saturated carbocycles. The Hall–Kier alpha value is -2.12. The highest BCUT2D eigenvalue weighted by atomic mass is 32.2. The molecular formula is C20H25N3O2S2. The maximum atomic E-state index is 11.6. The summed E-state index contributed by atoms with van der Waals surface area (Å²) in [4.78, 5) is 17.4. The lowest BCUT2D eigenvalue weighted by molar-refractivity contribution is 0.177. The molecule has 3 N–H and O–H groups in total. The summed E-state index contributed by atoms with van der Waals surface area (Å²) in [5, 5.41) is 3.14. The third-order valence-corrected chi connectivity index (χ3v) is 5.56. The van der Waals surface area contributed by atoms with Crippen LogP contribution in [0.3, 0.4) is 0 Å². The highest BCUT2D eigenvalue weighted by Crippen LogP contribution is 2.30. The molecule has 7 heteroatoms. The first-order chi connectivity index (χ1) is 13.1. The molecule has 0 atom stereocenters. The maximum absolute atomic E-state index is 11.6. The molecule has 0 saturated heterocycles. The number of amidine groups is 1. The van der Waals surface area contributed by atoms with Crippen LogP contribution in [0, 0.1) is 0 Å². The van der Waals surface area contributed by atoms with E-state index >= 15 is 0 Å². The highest BCUT2D eigenvalue weighted by Gasteiger charge is 2.10. The van der Waals surface area contributed by atoms with Crippen molar-refractivity contribution in [3.05, 3.63) is 53.6 Å². The van der Waals surface area contributed by atoms with Crippen molar-refractivity contribution in [1.29, 1.82) is 0 Å². The zero-order valence-electron chi connectivity index (χ0n) is 15.8. The number of hydrogen-bond acceptors (Lipinski definition) is 6. The molecule has 5 nitrogen and oxygen atoms in total. The summed E-state index contributed by atoms with van der Waals surface area (Å²) in [6.45, 7) is 2.16. The third-order valence-electron chi connectivity index (χ3n) is 3.78. The Bertz CT molecular complexity index is 810. The number of amides is 1. The molecule has 0 aromatic heterocycles. The first kappa shape index (κ1) is 21.2. The number of thioether (sulfide) groups is 2. The molecule has 0 spiro atoms. The molecule has 0 bridgehead atoms. The van der Waals surface area contributed by atoms with Crippen LogP contribution in [0.15, 0.2) is 52.4 Å². The number of carbonyl (C=O) groups excluding carboxylic acids is 1. The van der Waals surface area contributed by atoms with E-state index in [2.05, 4.69) is 40.2 Å². The zero-order valence-corrected chi connectivity index (χ0v) is 17.5. The number of ether oxygens (including phenoxy) is 1. The van der Waals surface area contributed by atoms with E-state index in [1.165, 1.54) is 18.9 Å². The summed E-state index contributed by atoms with van der Waals surface area (Å²) >= 11 is 3.15. The fourth-order valence-electron chi connectivity index (χ4n) is 2.38. The second-order valence-electron chi connectivity index (χ2n) is 5.75. The number of anilines is 1. The molecule has 0 unspecified atom stereocenters. The molecule has 2 aromatic carbocycles. The largest absolute Gasteiger partial charge is 0.453 e. The molecule has 27 heavy (non-hydrogen) atoms. The highest BCUT2D eigenvalue weighted by molar-refractivity contribution is 8.13. The van der Waals surface area contributed by atoms with Gasteiger partial charge in [-0.15, -0.1) is 11.8 Å². The number of hydrogen-bond donors (Lipinski definition) is 2. The van der Waals surface area contributed by atoms with Gasteiger partial charge < -0.3 is 10.5 Å². The normalized spacial score (nSPS) is 11.3. The number of nitrogens with zero attached hydrogens (tertiary/aromatic N) is 1. The first-order valence-corrected chi connectivity index (χ1v) is 10.8. The molecule has 2 aromatic rings. The summed E-state index contributed by atoms with van der Waals surface area (Å²) < 4.78 is 4.67. The van der Waals surface area contributed by atoms with Crippen LogP contribution in [0.1, 0.15) is 24.5 Å². The minimum Gasteiger partial charge on any atom is -0.453 e. The van der Waals surface area contributed by atoms with E-state index in [9.17, 15) is 4.79 Å². The van der Waals surface area contributed by atoms with Crippen LogP contribution in [0.5, 0.6) is 0 Å². The van der Waals surface area contributed by atoms with Crippen LogP contribution in [0.2, 0.25) is 0 Å². The van der Waals surface area contributed by atoms with Crippen molar-refractivity contribution < 1.29 is 9.53 Å². The van der Waals surface area contributed by atoms with Crippen LogP contribution in [-0.4, -0.2) is 30.4 Å². The molecule has 144 valence electrons. The van der Waals surface area contributed by atoms with E-state index in [1.54, 1.807) is 11.8 Å². The van der Waals surface area contributed by atoms with Gasteiger partial charge in [0.2, 0.25) is 0 Å². The standard InChI is InChI=1S/C20H25N3O2S2/c1-4-11-27-16-10-9-15(12-14-7-5-6-8-17(14)21)18(13-16)22-19(26-3)23-20(24)25-2/h5-10,13H,4,11-12,21H2,1-3H3,(H,22,23,24). The smallest absolute Gasteiger partial charge is 0.412 e. The van der Waals surface area contributed by atoms with Crippen molar-refractivity contribution in [1.82, 2.24) is 5.32 Å². The topological polar surface area (TPSA) is 76.7 Å². The Morgan fingerprint density at radius 3 is 2.67 bits per heavy atom. The number of carbonyl (C=O) groups is 1. The fraction of sp³-hybridized carbons (Fsp3) is 0.300. The minimum atomic E-state index is -0.534. The van der Waals surface area contributed by atoms with Crippen molar-refractivity contribution in [2.75, 3.05) is 24.9 Å². The lowest BCUT2D eigenvalue weighted by Crippen LogP contribution is -2.27. The number of nitrogens with one attached hydrogen (secondary N) is 1. The third kappa shape index (κ3) is 6.52. The average molecular weight is 404 g/mol. The fourth-order valence-corrected chi connectivity index (χ4v) is 3.55. The maximum Gasteiger partial charge on any atom is 0.412 e. The Morgan fingerprint density at radius 2 is 2.00 bits per heavy atom. The van der Waals surface area contributed by atoms with E-state index < -0.39 is 6.09 Å². The van der Waals surface area contributed by atoms with Crippen LogP contribution >= 0.6 is 23.5 Å². The number of para-hydroxylation sites is 1. The van der Waals surface area contributed by atoms with Gasteiger partial charge in [0.15, 0.2) is 5.17 Å². The summed E-state index contributed by atoms with van der Waals surface area (Å²) in [5.41, 5.74) is 9.78. The summed E-state index contributed by atoms with van der Waals surface area (Å²) in [6.07, 6.45) is 3.10. The Labute approximate surface area is 169 Å². The van der Waals surface area contributed by atoms with E-state index in [-0.39, 0.29) is 0 Å². The Kier molecular flexibility index (Phi) is 8.54. The quantitative estimate of drug-likeness (QED) is 0.305. The van der Waals surface area contributed by atoms with Gasteiger partial charge in [-0.2, -0.15) is 0 Å². The molecule has 0 heterocycles. The minimum absolute atomic E-state index is 0.488. The van der Waals surface area contributed by atoms with Gasteiger partial charge in [0, 0.05) is 17.0 Å². The number of methoxy groups -OCH3 is 1. The van der Waals surface area contributed by atoms with Gasteiger partial charge in [-0.1, -0.05) is 43.0 Å². The monoisotopic (exact) mass is 403 g/mol. The molecule has 0 radical (unpaired) electrons. The van der Waals surface area contributed by atoms with Gasteiger partial charge in [-0.25, -0.2) is 9.79 Å². The van der Waals surface area contributed by atoms with Crippen LogP contribution in [0.4, 0.5) is 16.2 Å². The number of rotatable bonds is 6. The first-order valence-electron chi connectivity index (χ1n) is 8.64. The van der Waals surface area contributed by atoms with Gasteiger partial charge in [-0.05, 0) is 47.8 Å². The van der Waals surface area contributed by atoms with E-state index in [0.717, 1.165) is 39.6 Å². The Balaban J connectivity index is 2.39. The summed E-state index contributed by atoms with van der Waals surface area (Å²) in [6, 6.07) is 14.1. The van der Waals surface area contributed by atoms with Gasteiger partial charge in [0.05, 0.1) is 12.8 Å². The SMILES string of the molecule is CCCSc1ccc(Cc2ccccc2N)c(N=C(NC(=O)OC)SC)c1. The predicted octanol–water partition coefficient (Wildman–Crippen LogP) is 5.07. The number of nitrogen functional groups attached to an aromatic ring is 1. The molecular weight excluding hydrogens is 378 g/mol. The van der Waals surface area contributed by atoms with Gasteiger partial charge >= 0.3 is 6.09 Å². The van der Waals surface area contributed by atoms with Gasteiger partial charge in [-0.3, -0.25) is 5.32 Å². The van der Waals surface area contributed by atoms with Gasteiger partial charge in [0.1, 0.15) is 0 Å². The van der Waals surface area contributed by atoms with Crippen molar-refractivity contribution >= 4 is 46.2 Å². The molecule has 0 aliphatic carbocycles.